The van der Waals surface area contributed by atoms with Gasteiger partial charge >= 0.3 is 0 Å². The molecule has 5 nitrogen and oxygen atoms in total. The SMILES string of the molecule is NC1=NC(=C2C=C[N]C=C2)N=N1. The zero-order valence-corrected chi connectivity index (χ0v) is 6.18. The number of nitrogens with zero attached hydrogens (tertiary/aromatic N) is 4. The van der Waals surface area contributed by atoms with Crippen LogP contribution in [0.4, 0.5) is 0 Å². The van der Waals surface area contributed by atoms with Gasteiger partial charge in [0.05, 0.1) is 0 Å². The Balaban J connectivity index is 2.38. The number of allylic oxidation sites excluding steroid dienone is 3. The van der Waals surface area contributed by atoms with Crippen molar-refractivity contribution < 1.29 is 0 Å². The second-order valence-electron chi connectivity index (χ2n) is 2.23. The van der Waals surface area contributed by atoms with Crippen molar-refractivity contribution in [2.75, 3.05) is 0 Å². The second kappa shape index (κ2) is 2.61. The zero-order valence-electron chi connectivity index (χ0n) is 6.18. The molecule has 0 aromatic carbocycles. The van der Waals surface area contributed by atoms with E-state index >= 15 is 0 Å². The summed E-state index contributed by atoms with van der Waals surface area (Å²) < 4.78 is 0. The van der Waals surface area contributed by atoms with Gasteiger partial charge in [-0.2, -0.15) is 4.99 Å². The molecule has 59 valence electrons. The summed E-state index contributed by atoms with van der Waals surface area (Å²) in [4.78, 5) is 3.91. The minimum Gasteiger partial charge on any atom is -0.366 e. The lowest BCUT2D eigenvalue weighted by molar-refractivity contribution is 1.11. The maximum absolute atomic E-state index is 5.32. The quantitative estimate of drug-likeness (QED) is 0.554. The van der Waals surface area contributed by atoms with Gasteiger partial charge in [-0.25, -0.2) is 0 Å². The molecule has 12 heavy (non-hydrogen) atoms. The molecule has 0 aromatic heterocycles. The lowest BCUT2D eigenvalue weighted by Gasteiger charge is -1.98. The Morgan fingerprint density at radius 3 is 2.42 bits per heavy atom. The highest BCUT2D eigenvalue weighted by atomic mass is 15.3. The van der Waals surface area contributed by atoms with E-state index in [0.29, 0.717) is 5.82 Å². The molecule has 0 unspecified atom stereocenters. The lowest BCUT2D eigenvalue weighted by Crippen LogP contribution is -2.03. The third kappa shape index (κ3) is 1.12. The number of guanidine groups is 1. The monoisotopic (exact) mass is 160 g/mol. The summed E-state index contributed by atoms with van der Waals surface area (Å²) in [5, 5.41) is 11.2. The fraction of sp³-hybridized carbons (Fsp3) is 0. The Kier molecular flexibility index (Phi) is 1.48. The number of hydrogen-bond donors (Lipinski definition) is 1. The van der Waals surface area contributed by atoms with Crippen LogP contribution in [0.2, 0.25) is 0 Å². The summed E-state index contributed by atoms with van der Waals surface area (Å²) >= 11 is 0. The topological polar surface area (TPSA) is 77.2 Å². The molecule has 0 aromatic rings. The summed E-state index contributed by atoms with van der Waals surface area (Å²) in [6, 6.07) is 0. The van der Waals surface area contributed by atoms with Crippen LogP contribution in [0.1, 0.15) is 0 Å². The van der Waals surface area contributed by atoms with E-state index in [4.69, 9.17) is 5.73 Å². The van der Waals surface area contributed by atoms with Crippen molar-refractivity contribution in [3.05, 3.63) is 35.9 Å². The third-order valence-corrected chi connectivity index (χ3v) is 1.41. The van der Waals surface area contributed by atoms with E-state index in [1.807, 2.05) is 0 Å². The largest absolute Gasteiger partial charge is 0.366 e. The highest BCUT2D eigenvalue weighted by Gasteiger charge is 2.07. The van der Waals surface area contributed by atoms with Crippen molar-refractivity contribution in [3.63, 3.8) is 0 Å². The molecule has 1 radical (unpaired) electrons. The molecule has 2 aliphatic rings. The molecule has 0 spiro atoms. The summed E-state index contributed by atoms with van der Waals surface area (Å²) in [5.74, 6) is 0.733. The molecular weight excluding hydrogens is 154 g/mol. The number of nitrogens with two attached hydrogens (primary N) is 1. The van der Waals surface area contributed by atoms with E-state index in [9.17, 15) is 0 Å². The number of aliphatic imine (C=N–C) groups is 1. The Morgan fingerprint density at radius 1 is 1.08 bits per heavy atom. The van der Waals surface area contributed by atoms with Crippen LogP contribution in [0.3, 0.4) is 0 Å². The molecule has 0 bridgehead atoms. The molecule has 0 aliphatic carbocycles. The van der Waals surface area contributed by atoms with E-state index < -0.39 is 0 Å². The highest BCUT2D eigenvalue weighted by molar-refractivity contribution is 5.81. The zero-order chi connectivity index (χ0) is 8.39. The van der Waals surface area contributed by atoms with E-state index in [1.54, 1.807) is 24.6 Å². The normalized spacial score (nSPS) is 19.8. The van der Waals surface area contributed by atoms with Crippen molar-refractivity contribution >= 4 is 5.96 Å². The van der Waals surface area contributed by atoms with Gasteiger partial charge in [0.25, 0.3) is 0 Å². The number of rotatable bonds is 0. The lowest BCUT2D eigenvalue weighted by atomic mass is 10.2. The van der Waals surface area contributed by atoms with Crippen LogP contribution in [0, 0.1) is 0 Å². The van der Waals surface area contributed by atoms with Crippen LogP contribution in [-0.4, -0.2) is 5.96 Å². The van der Waals surface area contributed by atoms with Gasteiger partial charge in [0.2, 0.25) is 5.96 Å². The molecule has 0 atom stereocenters. The van der Waals surface area contributed by atoms with Crippen molar-refractivity contribution in [2.24, 2.45) is 21.0 Å². The van der Waals surface area contributed by atoms with Crippen LogP contribution < -0.4 is 11.1 Å². The average Bonchev–Trinajstić information content (AvgIpc) is 2.54. The Morgan fingerprint density at radius 2 is 1.83 bits per heavy atom. The maximum Gasteiger partial charge on any atom is 0.242 e. The van der Waals surface area contributed by atoms with E-state index in [2.05, 4.69) is 20.5 Å². The minimum atomic E-state index is 0.196. The Hall–Kier alpha value is -1.91. The standard InChI is InChI=1S/C7H6N5/c8-7-10-6(11-12-7)5-1-3-9-4-2-5/h1-4H,(H2,8,10). The fourth-order valence-corrected chi connectivity index (χ4v) is 0.875. The van der Waals surface area contributed by atoms with Gasteiger partial charge in [-0.05, 0) is 12.2 Å². The Bertz CT molecular complexity index is 325. The van der Waals surface area contributed by atoms with Crippen LogP contribution in [0.5, 0.6) is 0 Å². The summed E-state index contributed by atoms with van der Waals surface area (Å²) in [7, 11) is 0. The first-order valence-corrected chi connectivity index (χ1v) is 3.39. The van der Waals surface area contributed by atoms with Crippen LogP contribution >= 0.6 is 0 Å². The van der Waals surface area contributed by atoms with Gasteiger partial charge in [0.1, 0.15) is 0 Å². The van der Waals surface area contributed by atoms with Gasteiger partial charge in [0.15, 0.2) is 5.82 Å². The summed E-state index contributed by atoms with van der Waals surface area (Å²) in [6.07, 6.45) is 6.94. The van der Waals surface area contributed by atoms with Crippen molar-refractivity contribution in [1.82, 2.24) is 5.32 Å². The van der Waals surface area contributed by atoms with E-state index in [1.165, 1.54) is 0 Å². The van der Waals surface area contributed by atoms with Crippen molar-refractivity contribution in [1.29, 1.82) is 0 Å². The van der Waals surface area contributed by atoms with Gasteiger partial charge in [-0.1, -0.05) is 0 Å². The summed E-state index contributed by atoms with van der Waals surface area (Å²) in [5.41, 5.74) is 6.19. The average molecular weight is 160 g/mol. The third-order valence-electron chi connectivity index (χ3n) is 1.41. The molecule has 2 aliphatic heterocycles. The molecule has 0 saturated carbocycles. The Labute approximate surface area is 69.1 Å². The predicted octanol–water partition coefficient (Wildman–Crippen LogP) is 0.624. The summed E-state index contributed by atoms with van der Waals surface area (Å²) in [6.45, 7) is 0. The first-order valence-electron chi connectivity index (χ1n) is 3.39. The highest BCUT2D eigenvalue weighted by Crippen LogP contribution is 2.16. The van der Waals surface area contributed by atoms with Crippen molar-refractivity contribution in [3.8, 4) is 0 Å². The van der Waals surface area contributed by atoms with Crippen LogP contribution in [0.25, 0.3) is 0 Å². The molecule has 2 heterocycles. The molecule has 2 rings (SSSR count). The maximum atomic E-state index is 5.32. The first-order chi connectivity index (χ1) is 5.86. The van der Waals surface area contributed by atoms with E-state index in [0.717, 1.165) is 5.57 Å². The predicted molar refractivity (Wildman–Crippen MR) is 43.9 cm³/mol. The van der Waals surface area contributed by atoms with E-state index in [-0.39, 0.29) is 5.96 Å². The van der Waals surface area contributed by atoms with Crippen LogP contribution in [-0.2, 0) is 0 Å². The first kappa shape index (κ1) is 6.78. The van der Waals surface area contributed by atoms with Gasteiger partial charge in [-0.15, -0.1) is 10.2 Å². The van der Waals surface area contributed by atoms with Crippen molar-refractivity contribution in [2.45, 2.75) is 0 Å². The van der Waals surface area contributed by atoms with Gasteiger partial charge < -0.3 is 5.73 Å². The minimum absolute atomic E-state index is 0.196. The van der Waals surface area contributed by atoms with Gasteiger partial charge in [0, 0.05) is 18.0 Å². The molecule has 2 N–H and O–H groups in total. The molecular formula is C7H6N5. The van der Waals surface area contributed by atoms with Gasteiger partial charge in [-0.3, -0.25) is 5.32 Å². The number of hydrogen-bond acceptors (Lipinski definition) is 4. The molecule has 5 heteroatoms. The van der Waals surface area contributed by atoms with Crippen LogP contribution in [0.15, 0.2) is 51.2 Å². The molecule has 0 fully saturated rings. The fourth-order valence-electron chi connectivity index (χ4n) is 0.875. The second-order valence-corrected chi connectivity index (χ2v) is 2.23. The molecule has 0 saturated heterocycles. The smallest absolute Gasteiger partial charge is 0.242 e. The molecule has 0 amide bonds. The number of azo groups is 1.